The number of carbonyl (C=O) groups is 1. The van der Waals surface area contributed by atoms with E-state index in [9.17, 15) is 9.18 Å². The maximum absolute atomic E-state index is 12.9. The van der Waals surface area contributed by atoms with Crippen LogP contribution in [-0.4, -0.2) is 6.29 Å². The topological polar surface area (TPSA) is 17.1 Å². The van der Waals surface area contributed by atoms with E-state index in [1.165, 1.54) is 12.1 Å². The third-order valence-electron chi connectivity index (χ3n) is 2.96. The third-order valence-corrected chi connectivity index (χ3v) is 2.96. The Hall–Kier alpha value is -1.96. The summed E-state index contributed by atoms with van der Waals surface area (Å²) in [7, 11) is 0. The molecule has 2 aromatic rings. The molecule has 0 saturated carbocycles. The average Bonchev–Trinajstić information content (AvgIpc) is 2.39. The SMILES string of the molecule is CC(C)c1cc(C=O)cc(-c2ccc(F)cc2)c1. The van der Waals surface area contributed by atoms with E-state index in [1.54, 1.807) is 12.1 Å². The van der Waals surface area contributed by atoms with E-state index in [0.29, 0.717) is 11.5 Å². The maximum Gasteiger partial charge on any atom is 0.150 e. The summed E-state index contributed by atoms with van der Waals surface area (Å²) in [6, 6.07) is 12.1. The van der Waals surface area contributed by atoms with Crippen molar-refractivity contribution < 1.29 is 9.18 Å². The molecule has 0 N–H and O–H groups in total. The number of aldehydes is 1. The lowest BCUT2D eigenvalue weighted by Crippen LogP contribution is -1.92. The zero-order chi connectivity index (χ0) is 13.1. The van der Waals surface area contributed by atoms with Crippen LogP contribution in [0.15, 0.2) is 42.5 Å². The Morgan fingerprint density at radius 2 is 1.67 bits per heavy atom. The fourth-order valence-corrected chi connectivity index (χ4v) is 1.89. The molecule has 18 heavy (non-hydrogen) atoms. The molecule has 0 saturated heterocycles. The number of halogens is 1. The Morgan fingerprint density at radius 1 is 1.00 bits per heavy atom. The summed E-state index contributed by atoms with van der Waals surface area (Å²) in [5.74, 6) is 0.0958. The first kappa shape index (κ1) is 12.5. The Morgan fingerprint density at radius 3 is 2.22 bits per heavy atom. The van der Waals surface area contributed by atoms with Gasteiger partial charge in [-0.1, -0.05) is 32.0 Å². The minimum absolute atomic E-state index is 0.255. The highest BCUT2D eigenvalue weighted by atomic mass is 19.1. The van der Waals surface area contributed by atoms with Gasteiger partial charge in [0.15, 0.2) is 0 Å². The lowest BCUT2D eigenvalue weighted by molar-refractivity contribution is 0.112. The van der Waals surface area contributed by atoms with Gasteiger partial charge >= 0.3 is 0 Å². The summed E-state index contributed by atoms with van der Waals surface area (Å²) in [4.78, 5) is 11.0. The van der Waals surface area contributed by atoms with Crippen LogP contribution >= 0.6 is 0 Å². The van der Waals surface area contributed by atoms with Crippen molar-refractivity contribution in [2.24, 2.45) is 0 Å². The van der Waals surface area contributed by atoms with Crippen molar-refractivity contribution in [2.75, 3.05) is 0 Å². The van der Waals surface area contributed by atoms with Gasteiger partial charge in [0.1, 0.15) is 12.1 Å². The molecule has 0 bridgehead atoms. The summed E-state index contributed by atoms with van der Waals surface area (Å²) < 4.78 is 12.9. The van der Waals surface area contributed by atoms with E-state index < -0.39 is 0 Å². The van der Waals surface area contributed by atoms with Crippen LogP contribution in [0.3, 0.4) is 0 Å². The predicted octanol–water partition coefficient (Wildman–Crippen LogP) is 4.43. The molecule has 0 aliphatic heterocycles. The van der Waals surface area contributed by atoms with Crippen molar-refractivity contribution in [3.8, 4) is 11.1 Å². The van der Waals surface area contributed by atoms with Crippen LogP contribution in [0.4, 0.5) is 4.39 Å². The van der Waals surface area contributed by atoms with Gasteiger partial charge < -0.3 is 0 Å². The normalized spacial score (nSPS) is 10.7. The van der Waals surface area contributed by atoms with E-state index in [1.807, 2.05) is 18.2 Å². The lowest BCUT2D eigenvalue weighted by atomic mass is 9.95. The van der Waals surface area contributed by atoms with Gasteiger partial charge in [0, 0.05) is 5.56 Å². The number of hydrogen-bond donors (Lipinski definition) is 0. The third kappa shape index (κ3) is 2.65. The molecule has 0 radical (unpaired) electrons. The zero-order valence-electron chi connectivity index (χ0n) is 10.5. The summed E-state index contributed by atoms with van der Waals surface area (Å²) >= 11 is 0. The van der Waals surface area contributed by atoms with Crippen molar-refractivity contribution in [1.29, 1.82) is 0 Å². The smallest absolute Gasteiger partial charge is 0.150 e. The quantitative estimate of drug-likeness (QED) is 0.728. The molecule has 0 heterocycles. The van der Waals surface area contributed by atoms with Crippen molar-refractivity contribution in [3.05, 3.63) is 59.4 Å². The Labute approximate surface area is 106 Å². The van der Waals surface area contributed by atoms with Gasteiger partial charge in [-0.05, 0) is 46.9 Å². The summed E-state index contributed by atoms with van der Waals surface area (Å²) in [5.41, 5.74) is 3.63. The van der Waals surface area contributed by atoms with Crippen LogP contribution in [0.25, 0.3) is 11.1 Å². The fourth-order valence-electron chi connectivity index (χ4n) is 1.89. The monoisotopic (exact) mass is 242 g/mol. The fraction of sp³-hybridized carbons (Fsp3) is 0.188. The van der Waals surface area contributed by atoms with Crippen LogP contribution in [0, 0.1) is 5.82 Å². The van der Waals surface area contributed by atoms with Crippen LogP contribution in [0.1, 0.15) is 35.7 Å². The van der Waals surface area contributed by atoms with Crippen molar-refractivity contribution >= 4 is 6.29 Å². The predicted molar refractivity (Wildman–Crippen MR) is 71.3 cm³/mol. The molecule has 2 rings (SSSR count). The van der Waals surface area contributed by atoms with Crippen molar-refractivity contribution in [2.45, 2.75) is 19.8 Å². The van der Waals surface area contributed by atoms with Crippen LogP contribution < -0.4 is 0 Å². The molecule has 1 nitrogen and oxygen atoms in total. The minimum Gasteiger partial charge on any atom is -0.298 e. The second-order valence-corrected chi connectivity index (χ2v) is 4.67. The Balaban J connectivity index is 2.52. The molecule has 0 amide bonds. The van der Waals surface area contributed by atoms with Gasteiger partial charge in [-0.25, -0.2) is 4.39 Å². The highest BCUT2D eigenvalue weighted by molar-refractivity contribution is 5.79. The van der Waals surface area contributed by atoms with Gasteiger partial charge in [-0.15, -0.1) is 0 Å². The molecule has 0 aliphatic rings. The number of carbonyl (C=O) groups excluding carboxylic acids is 1. The van der Waals surface area contributed by atoms with E-state index in [4.69, 9.17) is 0 Å². The van der Waals surface area contributed by atoms with Crippen LogP contribution in [0.2, 0.25) is 0 Å². The van der Waals surface area contributed by atoms with E-state index >= 15 is 0 Å². The van der Waals surface area contributed by atoms with Gasteiger partial charge in [-0.3, -0.25) is 4.79 Å². The molecular formula is C16H15FO. The van der Waals surface area contributed by atoms with Gasteiger partial charge in [0.05, 0.1) is 0 Å². The maximum atomic E-state index is 12.9. The standard InChI is InChI=1S/C16H15FO/c1-11(2)14-7-12(10-18)8-15(9-14)13-3-5-16(17)6-4-13/h3-11H,1-2H3. The van der Waals surface area contributed by atoms with Gasteiger partial charge in [-0.2, -0.15) is 0 Å². The molecule has 0 unspecified atom stereocenters. The van der Waals surface area contributed by atoms with E-state index in [-0.39, 0.29) is 5.82 Å². The first-order valence-electron chi connectivity index (χ1n) is 5.96. The highest BCUT2D eigenvalue weighted by Gasteiger charge is 2.06. The Kier molecular flexibility index (Phi) is 3.56. The second-order valence-electron chi connectivity index (χ2n) is 4.67. The largest absolute Gasteiger partial charge is 0.298 e. The molecule has 0 aliphatic carbocycles. The number of rotatable bonds is 3. The molecule has 0 aromatic heterocycles. The van der Waals surface area contributed by atoms with Gasteiger partial charge in [0.25, 0.3) is 0 Å². The Bertz CT molecular complexity index is 556. The lowest BCUT2D eigenvalue weighted by Gasteiger charge is -2.10. The summed E-state index contributed by atoms with van der Waals surface area (Å²) in [6.07, 6.45) is 0.846. The molecule has 2 heteroatoms. The minimum atomic E-state index is -0.255. The summed E-state index contributed by atoms with van der Waals surface area (Å²) in [5, 5.41) is 0. The first-order chi connectivity index (χ1) is 8.60. The first-order valence-corrected chi connectivity index (χ1v) is 5.96. The number of hydrogen-bond acceptors (Lipinski definition) is 1. The average molecular weight is 242 g/mol. The summed E-state index contributed by atoms with van der Waals surface area (Å²) in [6.45, 7) is 4.16. The molecule has 0 fully saturated rings. The second kappa shape index (κ2) is 5.13. The molecule has 0 atom stereocenters. The zero-order valence-corrected chi connectivity index (χ0v) is 10.5. The van der Waals surface area contributed by atoms with Crippen LogP contribution in [0.5, 0.6) is 0 Å². The van der Waals surface area contributed by atoms with E-state index in [2.05, 4.69) is 13.8 Å². The molecule has 92 valence electrons. The number of benzene rings is 2. The van der Waals surface area contributed by atoms with E-state index in [0.717, 1.165) is 23.0 Å². The van der Waals surface area contributed by atoms with Crippen molar-refractivity contribution in [3.63, 3.8) is 0 Å². The highest BCUT2D eigenvalue weighted by Crippen LogP contribution is 2.25. The van der Waals surface area contributed by atoms with Crippen LogP contribution in [-0.2, 0) is 0 Å². The van der Waals surface area contributed by atoms with Gasteiger partial charge in [0.2, 0.25) is 0 Å². The molecule has 2 aromatic carbocycles. The van der Waals surface area contributed by atoms with Crippen molar-refractivity contribution in [1.82, 2.24) is 0 Å². The molecule has 0 spiro atoms. The molecular weight excluding hydrogens is 227 g/mol.